The lowest BCUT2D eigenvalue weighted by Gasteiger charge is -2.08. The van der Waals surface area contributed by atoms with Gasteiger partial charge in [-0.05, 0) is 60.9 Å². The highest BCUT2D eigenvalue weighted by atomic mass is 35.5. The van der Waals surface area contributed by atoms with Crippen molar-refractivity contribution in [3.05, 3.63) is 69.9 Å². The number of aromatic nitrogens is 1. The van der Waals surface area contributed by atoms with Gasteiger partial charge in [0.25, 0.3) is 5.91 Å². The Balaban J connectivity index is 1.68. The molecule has 2 aromatic carbocycles. The first-order valence-corrected chi connectivity index (χ1v) is 12.6. The quantitative estimate of drug-likeness (QED) is 0.277. The number of aliphatic imine (C=N–C) groups is 1. The molecular weight excluding hydrogens is 490 g/mol. The van der Waals surface area contributed by atoms with Gasteiger partial charge in [0.1, 0.15) is 22.8 Å². The fourth-order valence-corrected chi connectivity index (χ4v) is 4.44. The van der Waals surface area contributed by atoms with Crippen LogP contribution in [0.15, 0.2) is 52.0 Å². The SMILES string of the molecule is CCCS(=O)NCc1cc(Cl)cc(CN=C(N)NC(=O)c2c(-c3ccc(OC)cc3)noc2C)c1. The first-order valence-electron chi connectivity index (χ1n) is 10.9. The third-order valence-corrected chi connectivity index (χ3v) is 6.43. The summed E-state index contributed by atoms with van der Waals surface area (Å²) < 4.78 is 25.2. The molecule has 1 aromatic heterocycles. The number of nitrogens with two attached hydrogens (primary N) is 1. The van der Waals surface area contributed by atoms with Gasteiger partial charge in [-0.15, -0.1) is 0 Å². The summed E-state index contributed by atoms with van der Waals surface area (Å²) in [6.45, 7) is 4.24. The van der Waals surface area contributed by atoms with Crippen LogP contribution in [0.4, 0.5) is 0 Å². The average Bonchev–Trinajstić information content (AvgIpc) is 3.23. The number of hydrogen-bond acceptors (Lipinski definition) is 6. The Kier molecular flexibility index (Phi) is 9.41. The molecule has 35 heavy (non-hydrogen) atoms. The summed E-state index contributed by atoms with van der Waals surface area (Å²) in [7, 11) is 0.483. The Hall–Kier alpha value is -3.21. The number of nitrogens with one attached hydrogen (secondary N) is 2. The van der Waals surface area contributed by atoms with Gasteiger partial charge in [0.05, 0.1) is 24.6 Å². The average molecular weight is 518 g/mol. The van der Waals surface area contributed by atoms with Gasteiger partial charge in [0, 0.05) is 22.9 Å². The minimum atomic E-state index is -1.09. The summed E-state index contributed by atoms with van der Waals surface area (Å²) in [5.74, 6) is 1.09. The Morgan fingerprint density at radius 2 is 1.94 bits per heavy atom. The van der Waals surface area contributed by atoms with Gasteiger partial charge in [-0.1, -0.05) is 29.7 Å². The molecule has 1 unspecified atom stereocenters. The molecule has 4 N–H and O–H groups in total. The number of halogens is 1. The molecule has 186 valence electrons. The Morgan fingerprint density at radius 3 is 2.63 bits per heavy atom. The second kappa shape index (κ2) is 12.5. The molecule has 0 saturated heterocycles. The molecule has 0 aliphatic carbocycles. The molecule has 11 heteroatoms. The highest BCUT2D eigenvalue weighted by Gasteiger charge is 2.22. The number of amides is 1. The molecule has 0 radical (unpaired) electrons. The van der Waals surface area contributed by atoms with Crippen LogP contribution >= 0.6 is 11.6 Å². The number of carbonyl (C=O) groups excluding carboxylic acids is 1. The van der Waals surface area contributed by atoms with Crippen LogP contribution in [0.1, 0.15) is 40.6 Å². The van der Waals surface area contributed by atoms with E-state index in [0.29, 0.717) is 40.1 Å². The Bertz CT molecular complexity index is 1230. The summed E-state index contributed by atoms with van der Waals surface area (Å²) in [4.78, 5) is 17.2. The molecule has 1 amide bonds. The molecule has 1 atom stereocenters. The van der Waals surface area contributed by atoms with E-state index in [1.165, 1.54) is 0 Å². The van der Waals surface area contributed by atoms with Gasteiger partial charge in [0.2, 0.25) is 0 Å². The lowest BCUT2D eigenvalue weighted by Crippen LogP contribution is -2.37. The first kappa shape index (κ1) is 26.4. The zero-order valence-corrected chi connectivity index (χ0v) is 21.3. The van der Waals surface area contributed by atoms with E-state index in [1.807, 2.05) is 13.0 Å². The molecule has 0 aliphatic heterocycles. The van der Waals surface area contributed by atoms with Gasteiger partial charge in [0.15, 0.2) is 5.96 Å². The molecule has 1 heterocycles. The standard InChI is InChI=1S/C24H28ClN5O4S/c1-4-9-35(32)28-14-17-10-16(11-19(25)12-17)13-27-24(26)29-23(31)21-15(2)34-30-22(21)18-5-7-20(33-3)8-6-18/h5-8,10-12,28H,4,9,13-14H2,1-3H3,(H3,26,27,29,31). The summed E-state index contributed by atoms with van der Waals surface area (Å²) in [5, 5.41) is 7.14. The zero-order chi connectivity index (χ0) is 25.4. The van der Waals surface area contributed by atoms with Crippen LogP contribution in [0, 0.1) is 6.92 Å². The minimum Gasteiger partial charge on any atom is -0.497 e. The van der Waals surface area contributed by atoms with Crippen LogP contribution in [-0.2, 0) is 24.1 Å². The lowest BCUT2D eigenvalue weighted by molar-refractivity contribution is 0.0975. The number of rotatable bonds is 10. The smallest absolute Gasteiger partial charge is 0.263 e. The Morgan fingerprint density at radius 1 is 1.23 bits per heavy atom. The number of hydrogen-bond donors (Lipinski definition) is 3. The van der Waals surface area contributed by atoms with Crippen LogP contribution in [0.5, 0.6) is 5.75 Å². The number of methoxy groups -OCH3 is 1. The third kappa shape index (κ3) is 7.38. The second-order valence-corrected chi connectivity index (χ2v) is 9.51. The van der Waals surface area contributed by atoms with E-state index in [4.69, 9.17) is 26.6 Å². The number of ether oxygens (including phenoxy) is 1. The van der Waals surface area contributed by atoms with E-state index >= 15 is 0 Å². The molecule has 3 aromatic rings. The summed E-state index contributed by atoms with van der Waals surface area (Å²) in [5.41, 5.74) is 9.01. The van der Waals surface area contributed by atoms with E-state index in [0.717, 1.165) is 17.5 Å². The molecule has 0 bridgehead atoms. The van der Waals surface area contributed by atoms with Crippen molar-refractivity contribution in [2.24, 2.45) is 10.7 Å². The third-order valence-electron chi connectivity index (χ3n) is 4.97. The molecule has 0 spiro atoms. The van der Waals surface area contributed by atoms with Crippen LogP contribution in [0.2, 0.25) is 5.02 Å². The highest BCUT2D eigenvalue weighted by Crippen LogP contribution is 2.27. The van der Waals surface area contributed by atoms with Crippen LogP contribution in [-0.4, -0.2) is 34.1 Å². The van der Waals surface area contributed by atoms with E-state index in [2.05, 4.69) is 20.2 Å². The first-order chi connectivity index (χ1) is 16.8. The van der Waals surface area contributed by atoms with Crippen LogP contribution in [0.25, 0.3) is 11.3 Å². The predicted molar refractivity (Wildman–Crippen MR) is 138 cm³/mol. The van der Waals surface area contributed by atoms with Crippen molar-refractivity contribution >= 4 is 34.5 Å². The van der Waals surface area contributed by atoms with E-state index in [9.17, 15) is 9.00 Å². The molecule has 0 fully saturated rings. The summed E-state index contributed by atoms with van der Waals surface area (Å²) in [6, 6.07) is 12.6. The largest absolute Gasteiger partial charge is 0.497 e. The molecular formula is C24H28ClN5O4S. The van der Waals surface area contributed by atoms with Crippen molar-refractivity contribution in [1.29, 1.82) is 0 Å². The van der Waals surface area contributed by atoms with E-state index in [-0.39, 0.29) is 18.1 Å². The zero-order valence-electron chi connectivity index (χ0n) is 19.8. The van der Waals surface area contributed by atoms with Crippen molar-refractivity contribution < 1.29 is 18.3 Å². The van der Waals surface area contributed by atoms with E-state index < -0.39 is 16.9 Å². The van der Waals surface area contributed by atoms with Crippen molar-refractivity contribution in [3.8, 4) is 17.0 Å². The van der Waals surface area contributed by atoms with Crippen molar-refractivity contribution in [2.75, 3.05) is 12.9 Å². The lowest BCUT2D eigenvalue weighted by atomic mass is 10.1. The van der Waals surface area contributed by atoms with Gasteiger partial charge in [-0.3, -0.25) is 10.1 Å². The number of guanidine groups is 1. The topological polar surface area (TPSA) is 132 Å². The van der Waals surface area contributed by atoms with Gasteiger partial charge in [-0.25, -0.2) is 13.9 Å². The van der Waals surface area contributed by atoms with Gasteiger partial charge >= 0.3 is 0 Å². The predicted octanol–water partition coefficient (Wildman–Crippen LogP) is 3.72. The molecule has 0 saturated carbocycles. The second-order valence-electron chi connectivity index (χ2n) is 7.68. The number of carbonyl (C=O) groups is 1. The Labute approximate surface area is 211 Å². The maximum absolute atomic E-state index is 12.9. The number of aryl methyl sites for hydroxylation is 1. The molecule has 0 aliphatic rings. The fraction of sp³-hybridized carbons (Fsp3) is 0.292. The maximum atomic E-state index is 12.9. The molecule has 9 nitrogen and oxygen atoms in total. The van der Waals surface area contributed by atoms with Crippen molar-refractivity contribution in [2.45, 2.75) is 33.4 Å². The number of benzene rings is 2. The van der Waals surface area contributed by atoms with Crippen molar-refractivity contribution in [1.82, 2.24) is 15.2 Å². The normalized spacial score (nSPS) is 12.4. The molecule has 3 rings (SSSR count). The fourth-order valence-electron chi connectivity index (χ4n) is 3.31. The van der Waals surface area contributed by atoms with Crippen LogP contribution in [0.3, 0.4) is 0 Å². The number of nitrogens with zero attached hydrogens (tertiary/aromatic N) is 2. The maximum Gasteiger partial charge on any atom is 0.263 e. The van der Waals surface area contributed by atoms with Gasteiger partial charge in [-0.2, -0.15) is 0 Å². The summed E-state index contributed by atoms with van der Waals surface area (Å²) >= 11 is 6.23. The summed E-state index contributed by atoms with van der Waals surface area (Å²) in [6.07, 6.45) is 0.829. The van der Waals surface area contributed by atoms with Crippen LogP contribution < -0.4 is 20.5 Å². The monoisotopic (exact) mass is 517 g/mol. The van der Waals surface area contributed by atoms with Crippen molar-refractivity contribution in [3.63, 3.8) is 0 Å². The minimum absolute atomic E-state index is 0.0556. The van der Waals surface area contributed by atoms with Gasteiger partial charge < -0.3 is 15.0 Å². The van der Waals surface area contributed by atoms with E-state index in [1.54, 1.807) is 50.4 Å². The highest BCUT2D eigenvalue weighted by molar-refractivity contribution is 7.82.